The van der Waals surface area contributed by atoms with Crippen LogP contribution >= 0.6 is 0 Å². The van der Waals surface area contributed by atoms with Crippen LogP contribution in [0.2, 0.25) is 0 Å². The van der Waals surface area contributed by atoms with Crippen molar-refractivity contribution in [1.29, 1.82) is 0 Å². The van der Waals surface area contributed by atoms with Crippen molar-refractivity contribution < 1.29 is 13.9 Å². The number of carbonyl (C=O) groups excluding carboxylic acids is 1. The lowest BCUT2D eigenvalue weighted by atomic mass is 9.84. The molecule has 172 valence electrons. The zero-order chi connectivity index (χ0) is 23.1. The second-order valence-electron chi connectivity index (χ2n) is 8.79. The lowest BCUT2D eigenvalue weighted by molar-refractivity contribution is -0.120. The Hall–Kier alpha value is -3.02. The van der Waals surface area contributed by atoms with Crippen LogP contribution < -0.4 is 4.90 Å². The van der Waals surface area contributed by atoms with Gasteiger partial charge in [-0.15, -0.1) is 0 Å². The third-order valence-corrected chi connectivity index (χ3v) is 6.46. The number of methoxy groups -OCH3 is 1. The fraction of sp³-hybridized carbons (Fsp3) is 0.321. The predicted octanol–water partition coefficient (Wildman–Crippen LogP) is 5.08. The monoisotopic (exact) mass is 446 g/mol. The predicted molar refractivity (Wildman–Crippen MR) is 130 cm³/mol. The molecule has 0 aliphatic carbocycles. The highest BCUT2D eigenvalue weighted by Crippen LogP contribution is 2.35. The van der Waals surface area contributed by atoms with Gasteiger partial charge in [0.05, 0.1) is 18.6 Å². The van der Waals surface area contributed by atoms with Crippen molar-refractivity contribution in [3.05, 3.63) is 102 Å². The highest BCUT2D eigenvalue weighted by Gasteiger charge is 2.43. The Balaban J connectivity index is 1.59. The minimum atomic E-state index is -0.481. The Morgan fingerprint density at radius 1 is 0.909 bits per heavy atom. The SMILES string of the molecule is COCC1(N(C(=O)Cc2ccccc2)c2ccc(F)cc2)CCN(Cc2ccccc2)CC1. The summed E-state index contributed by atoms with van der Waals surface area (Å²) in [7, 11) is 1.68. The first-order chi connectivity index (χ1) is 16.1. The number of hydrogen-bond acceptors (Lipinski definition) is 3. The first-order valence-electron chi connectivity index (χ1n) is 11.5. The summed E-state index contributed by atoms with van der Waals surface area (Å²) in [5, 5.41) is 0. The number of rotatable bonds is 8. The van der Waals surface area contributed by atoms with Crippen molar-refractivity contribution in [2.45, 2.75) is 31.3 Å². The summed E-state index contributed by atoms with van der Waals surface area (Å²) in [5.41, 5.74) is 2.48. The molecule has 0 unspecified atom stereocenters. The Kier molecular flexibility index (Phi) is 7.53. The van der Waals surface area contributed by atoms with E-state index < -0.39 is 5.54 Å². The van der Waals surface area contributed by atoms with E-state index in [0.29, 0.717) is 12.3 Å². The summed E-state index contributed by atoms with van der Waals surface area (Å²) in [4.78, 5) is 18.0. The average Bonchev–Trinajstić information content (AvgIpc) is 2.83. The Morgan fingerprint density at radius 3 is 2.06 bits per heavy atom. The van der Waals surface area contributed by atoms with Gasteiger partial charge in [-0.3, -0.25) is 9.69 Å². The standard InChI is InChI=1S/C28H31FN2O2/c1-33-22-28(16-18-30(19-17-28)21-24-10-6-3-7-11-24)31(26-14-12-25(29)13-15-26)27(32)20-23-8-4-2-5-9-23/h2-15H,16-22H2,1H3. The van der Waals surface area contributed by atoms with Crippen LogP contribution in [-0.4, -0.2) is 43.2 Å². The number of ether oxygens (including phenoxy) is 1. The molecular formula is C28H31FN2O2. The third kappa shape index (κ3) is 5.67. The number of nitrogens with zero attached hydrogens (tertiary/aromatic N) is 2. The van der Waals surface area contributed by atoms with Crippen molar-refractivity contribution in [2.75, 3.05) is 31.7 Å². The molecule has 3 aromatic carbocycles. The first kappa shape index (κ1) is 23.1. The van der Waals surface area contributed by atoms with Gasteiger partial charge in [0.25, 0.3) is 0 Å². The van der Waals surface area contributed by atoms with Crippen molar-refractivity contribution in [3.63, 3.8) is 0 Å². The molecule has 5 heteroatoms. The maximum atomic E-state index is 13.7. The van der Waals surface area contributed by atoms with E-state index in [-0.39, 0.29) is 18.1 Å². The van der Waals surface area contributed by atoms with E-state index in [9.17, 15) is 9.18 Å². The number of hydrogen-bond donors (Lipinski definition) is 0. The number of halogens is 1. The maximum absolute atomic E-state index is 13.7. The molecule has 4 rings (SSSR count). The second kappa shape index (κ2) is 10.7. The molecule has 3 aromatic rings. The Labute approximate surface area is 195 Å². The molecule has 0 N–H and O–H groups in total. The van der Waals surface area contributed by atoms with Gasteiger partial charge < -0.3 is 9.64 Å². The number of likely N-dealkylation sites (tertiary alicyclic amines) is 1. The molecule has 33 heavy (non-hydrogen) atoms. The minimum Gasteiger partial charge on any atom is -0.382 e. The zero-order valence-corrected chi connectivity index (χ0v) is 19.1. The molecule has 0 aromatic heterocycles. The normalized spacial score (nSPS) is 15.8. The second-order valence-corrected chi connectivity index (χ2v) is 8.79. The lowest BCUT2D eigenvalue weighted by Crippen LogP contribution is -2.60. The van der Waals surface area contributed by atoms with E-state index in [1.807, 2.05) is 41.3 Å². The van der Waals surface area contributed by atoms with Crippen LogP contribution in [0.3, 0.4) is 0 Å². The topological polar surface area (TPSA) is 32.8 Å². The van der Waals surface area contributed by atoms with Gasteiger partial charge in [-0.05, 0) is 48.2 Å². The van der Waals surface area contributed by atoms with Crippen molar-refractivity contribution in [2.24, 2.45) is 0 Å². The first-order valence-corrected chi connectivity index (χ1v) is 11.5. The van der Waals surface area contributed by atoms with Crippen molar-refractivity contribution in [3.8, 4) is 0 Å². The average molecular weight is 447 g/mol. The highest BCUT2D eigenvalue weighted by molar-refractivity contribution is 5.96. The van der Waals surface area contributed by atoms with E-state index >= 15 is 0 Å². The molecule has 1 aliphatic rings. The van der Waals surface area contributed by atoms with Gasteiger partial charge in [0.15, 0.2) is 0 Å². The third-order valence-electron chi connectivity index (χ3n) is 6.46. The Morgan fingerprint density at radius 2 is 1.48 bits per heavy atom. The molecule has 0 atom stereocenters. The van der Waals surface area contributed by atoms with Crippen LogP contribution in [0.5, 0.6) is 0 Å². The highest BCUT2D eigenvalue weighted by atomic mass is 19.1. The minimum absolute atomic E-state index is 0.00127. The largest absolute Gasteiger partial charge is 0.382 e. The summed E-state index contributed by atoms with van der Waals surface area (Å²) in [5.74, 6) is -0.311. The van der Waals surface area contributed by atoms with E-state index in [1.165, 1.54) is 17.7 Å². The van der Waals surface area contributed by atoms with Gasteiger partial charge in [0.2, 0.25) is 5.91 Å². The van der Waals surface area contributed by atoms with Crippen LogP contribution in [0.4, 0.5) is 10.1 Å². The molecule has 0 saturated carbocycles. The summed E-state index contributed by atoms with van der Waals surface area (Å²) < 4.78 is 19.4. The summed E-state index contributed by atoms with van der Waals surface area (Å²) in [6, 6.07) is 26.4. The lowest BCUT2D eigenvalue weighted by Gasteiger charge is -2.48. The van der Waals surface area contributed by atoms with Crippen LogP contribution in [0.15, 0.2) is 84.9 Å². The van der Waals surface area contributed by atoms with E-state index in [0.717, 1.165) is 38.0 Å². The molecule has 0 radical (unpaired) electrons. The van der Waals surface area contributed by atoms with Crippen LogP contribution in [0.1, 0.15) is 24.0 Å². The smallest absolute Gasteiger partial charge is 0.232 e. The Bertz CT molecular complexity index is 1020. The zero-order valence-electron chi connectivity index (χ0n) is 19.1. The molecule has 1 fully saturated rings. The van der Waals surface area contributed by atoms with Gasteiger partial charge >= 0.3 is 0 Å². The molecule has 1 saturated heterocycles. The number of carbonyl (C=O) groups is 1. The molecule has 1 amide bonds. The van der Waals surface area contributed by atoms with E-state index in [4.69, 9.17) is 4.74 Å². The van der Waals surface area contributed by atoms with Crippen LogP contribution in [0.25, 0.3) is 0 Å². The molecule has 0 spiro atoms. The summed E-state index contributed by atoms with van der Waals surface area (Å²) in [6.07, 6.45) is 1.86. The quantitative estimate of drug-likeness (QED) is 0.484. The van der Waals surface area contributed by atoms with Gasteiger partial charge in [0.1, 0.15) is 5.82 Å². The molecular weight excluding hydrogens is 415 g/mol. The summed E-state index contributed by atoms with van der Waals surface area (Å²) >= 11 is 0. The van der Waals surface area contributed by atoms with Crippen molar-refractivity contribution >= 4 is 11.6 Å². The van der Waals surface area contributed by atoms with Gasteiger partial charge in [-0.2, -0.15) is 0 Å². The van der Waals surface area contributed by atoms with E-state index in [2.05, 4.69) is 29.2 Å². The molecule has 4 nitrogen and oxygen atoms in total. The number of amides is 1. The van der Waals surface area contributed by atoms with Gasteiger partial charge in [0, 0.05) is 32.4 Å². The van der Waals surface area contributed by atoms with Crippen LogP contribution in [-0.2, 0) is 22.5 Å². The summed E-state index contributed by atoms with van der Waals surface area (Å²) in [6.45, 7) is 3.03. The number of piperidine rings is 1. The number of benzene rings is 3. The molecule has 0 bridgehead atoms. The van der Waals surface area contributed by atoms with E-state index in [1.54, 1.807) is 19.2 Å². The van der Waals surface area contributed by atoms with Gasteiger partial charge in [-0.25, -0.2) is 4.39 Å². The fourth-order valence-corrected chi connectivity index (χ4v) is 4.79. The van der Waals surface area contributed by atoms with Gasteiger partial charge in [-0.1, -0.05) is 60.7 Å². The number of anilines is 1. The van der Waals surface area contributed by atoms with Crippen LogP contribution in [0, 0.1) is 5.82 Å². The molecule has 1 heterocycles. The maximum Gasteiger partial charge on any atom is 0.232 e. The molecule has 1 aliphatic heterocycles. The fourth-order valence-electron chi connectivity index (χ4n) is 4.79. The van der Waals surface area contributed by atoms with Crippen molar-refractivity contribution in [1.82, 2.24) is 4.90 Å².